The Morgan fingerprint density at radius 3 is 2.71 bits per heavy atom. The average molecular weight is 204 g/mol. The zero-order valence-corrected chi connectivity index (χ0v) is 8.55. The van der Waals surface area contributed by atoms with Crippen molar-refractivity contribution in [2.24, 2.45) is 5.92 Å². The SMILES string of the molecule is CC1CN(CC(F)F)C(C2CC2)CN1. The van der Waals surface area contributed by atoms with Crippen molar-refractivity contribution in [1.29, 1.82) is 0 Å². The number of hydrogen-bond acceptors (Lipinski definition) is 2. The van der Waals surface area contributed by atoms with Crippen LogP contribution < -0.4 is 5.32 Å². The van der Waals surface area contributed by atoms with Crippen LogP contribution in [0.25, 0.3) is 0 Å². The summed E-state index contributed by atoms with van der Waals surface area (Å²) in [5.41, 5.74) is 0. The van der Waals surface area contributed by atoms with Crippen LogP contribution in [0, 0.1) is 5.92 Å². The lowest BCUT2D eigenvalue weighted by Crippen LogP contribution is -2.57. The Kier molecular flexibility index (Phi) is 3.02. The van der Waals surface area contributed by atoms with Crippen LogP contribution in [0.2, 0.25) is 0 Å². The minimum atomic E-state index is -2.19. The second-order valence-electron chi connectivity index (χ2n) is 4.56. The number of alkyl halides is 2. The monoisotopic (exact) mass is 204 g/mol. The summed E-state index contributed by atoms with van der Waals surface area (Å²) in [5.74, 6) is 0.675. The van der Waals surface area contributed by atoms with Gasteiger partial charge in [-0.15, -0.1) is 0 Å². The van der Waals surface area contributed by atoms with Gasteiger partial charge >= 0.3 is 0 Å². The maximum absolute atomic E-state index is 12.3. The van der Waals surface area contributed by atoms with Crippen molar-refractivity contribution in [2.45, 2.75) is 38.3 Å². The fourth-order valence-electron chi connectivity index (χ4n) is 2.34. The Labute approximate surface area is 83.7 Å². The highest BCUT2D eigenvalue weighted by Gasteiger charge is 2.38. The maximum Gasteiger partial charge on any atom is 0.251 e. The van der Waals surface area contributed by atoms with E-state index in [-0.39, 0.29) is 6.54 Å². The number of nitrogens with one attached hydrogen (secondary N) is 1. The highest BCUT2D eigenvalue weighted by Crippen LogP contribution is 2.36. The number of rotatable bonds is 3. The van der Waals surface area contributed by atoms with E-state index in [2.05, 4.69) is 12.2 Å². The molecule has 4 heteroatoms. The fraction of sp³-hybridized carbons (Fsp3) is 1.00. The predicted molar refractivity (Wildman–Crippen MR) is 51.6 cm³/mol. The molecule has 1 aliphatic heterocycles. The smallest absolute Gasteiger partial charge is 0.251 e. The molecule has 1 aliphatic carbocycles. The van der Waals surface area contributed by atoms with E-state index in [0.29, 0.717) is 18.0 Å². The first-order valence-corrected chi connectivity index (χ1v) is 5.42. The zero-order chi connectivity index (χ0) is 10.1. The van der Waals surface area contributed by atoms with Crippen LogP contribution >= 0.6 is 0 Å². The quantitative estimate of drug-likeness (QED) is 0.746. The molecule has 2 rings (SSSR count). The van der Waals surface area contributed by atoms with Crippen molar-refractivity contribution in [2.75, 3.05) is 19.6 Å². The van der Waals surface area contributed by atoms with Gasteiger partial charge in [0, 0.05) is 25.2 Å². The molecular formula is C10H18F2N2. The van der Waals surface area contributed by atoms with Gasteiger partial charge in [-0.25, -0.2) is 8.78 Å². The molecular weight excluding hydrogens is 186 g/mol. The molecule has 2 unspecified atom stereocenters. The van der Waals surface area contributed by atoms with Crippen LogP contribution in [-0.2, 0) is 0 Å². The summed E-state index contributed by atoms with van der Waals surface area (Å²) in [6.45, 7) is 3.67. The van der Waals surface area contributed by atoms with Crippen molar-refractivity contribution in [3.63, 3.8) is 0 Å². The van der Waals surface area contributed by atoms with Crippen molar-refractivity contribution in [1.82, 2.24) is 10.2 Å². The fourth-order valence-corrected chi connectivity index (χ4v) is 2.34. The van der Waals surface area contributed by atoms with E-state index < -0.39 is 6.43 Å². The summed E-state index contributed by atoms with van der Waals surface area (Å²) in [6, 6.07) is 0.712. The summed E-state index contributed by atoms with van der Waals surface area (Å²) < 4.78 is 24.7. The van der Waals surface area contributed by atoms with Crippen molar-refractivity contribution < 1.29 is 8.78 Å². The molecule has 82 valence electrons. The van der Waals surface area contributed by atoms with Gasteiger partial charge in [-0.1, -0.05) is 0 Å². The minimum Gasteiger partial charge on any atom is -0.311 e. The molecule has 2 fully saturated rings. The summed E-state index contributed by atoms with van der Waals surface area (Å²) in [6.07, 6.45) is 0.252. The van der Waals surface area contributed by atoms with Crippen LogP contribution in [0.1, 0.15) is 19.8 Å². The van der Waals surface area contributed by atoms with E-state index in [4.69, 9.17) is 0 Å². The third kappa shape index (κ3) is 2.42. The van der Waals surface area contributed by atoms with Gasteiger partial charge in [0.2, 0.25) is 0 Å². The number of hydrogen-bond donors (Lipinski definition) is 1. The Hall–Kier alpha value is -0.220. The average Bonchev–Trinajstić information content (AvgIpc) is 2.86. The molecule has 2 nitrogen and oxygen atoms in total. The van der Waals surface area contributed by atoms with E-state index in [9.17, 15) is 8.78 Å². The molecule has 0 amide bonds. The third-order valence-electron chi connectivity index (χ3n) is 3.19. The van der Waals surface area contributed by atoms with E-state index in [1.165, 1.54) is 12.8 Å². The molecule has 0 aromatic carbocycles. The third-order valence-corrected chi connectivity index (χ3v) is 3.19. The molecule has 2 atom stereocenters. The van der Waals surface area contributed by atoms with Gasteiger partial charge < -0.3 is 5.32 Å². The molecule has 1 heterocycles. The Morgan fingerprint density at radius 1 is 1.43 bits per heavy atom. The van der Waals surface area contributed by atoms with Gasteiger partial charge in [-0.2, -0.15) is 0 Å². The Bertz CT molecular complexity index is 193. The van der Waals surface area contributed by atoms with Crippen LogP contribution in [0.4, 0.5) is 8.78 Å². The Morgan fingerprint density at radius 2 is 2.14 bits per heavy atom. The lowest BCUT2D eigenvalue weighted by atomic mass is 10.1. The van der Waals surface area contributed by atoms with Crippen LogP contribution in [0.3, 0.4) is 0 Å². The van der Waals surface area contributed by atoms with Gasteiger partial charge in [0.15, 0.2) is 0 Å². The topological polar surface area (TPSA) is 15.3 Å². The van der Waals surface area contributed by atoms with Crippen molar-refractivity contribution in [3.8, 4) is 0 Å². The molecule has 0 bridgehead atoms. The van der Waals surface area contributed by atoms with Crippen molar-refractivity contribution >= 4 is 0 Å². The second kappa shape index (κ2) is 4.11. The number of halogens is 2. The van der Waals surface area contributed by atoms with Crippen LogP contribution in [0.15, 0.2) is 0 Å². The zero-order valence-electron chi connectivity index (χ0n) is 8.55. The van der Waals surface area contributed by atoms with E-state index in [1.54, 1.807) is 0 Å². The normalized spacial score (nSPS) is 35.1. The first kappa shape index (κ1) is 10.3. The second-order valence-corrected chi connectivity index (χ2v) is 4.56. The van der Waals surface area contributed by atoms with Gasteiger partial charge in [0.1, 0.15) is 0 Å². The van der Waals surface area contributed by atoms with Crippen molar-refractivity contribution in [3.05, 3.63) is 0 Å². The molecule has 0 radical (unpaired) electrons. The van der Waals surface area contributed by atoms with E-state index >= 15 is 0 Å². The van der Waals surface area contributed by atoms with Gasteiger partial charge in [0.05, 0.1) is 6.54 Å². The molecule has 0 aromatic rings. The maximum atomic E-state index is 12.3. The van der Waals surface area contributed by atoms with Gasteiger partial charge in [0.25, 0.3) is 6.43 Å². The first-order valence-electron chi connectivity index (χ1n) is 5.42. The summed E-state index contributed by atoms with van der Waals surface area (Å²) in [7, 11) is 0. The summed E-state index contributed by atoms with van der Waals surface area (Å²) >= 11 is 0. The molecule has 1 N–H and O–H groups in total. The van der Waals surface area contributed by atoms with E-state index in [1.807, 2.05) is 4.90 Å². The number of nitrogens with zero attached hydrogens (tertiary/aromatic N) is 1. The summed E-state index contributed by atoms with van der Waals surface area (Å²) in [4.78, 5) is 1.98. The minimum absolute atomic E-state index is 0.0484. The standard InChI is InChI=1S/C10H18F2N2/c1-7-5-14(6-10(11)12)9(4-13-7)8-2-3-8/h7-10,13H,2-6H2,1H3. The van der Waals surface area contributed by atoms with E-state index in [0.717, 1.165) is 13.1 Å². The Balaban J connectivity index is 1.92. The molecule has 1 saturated carbocycles. The largest absolute Gasteiger partial charge is 0.311 e. The number of piperazine rings is 1. The highest BCUT2D eigenvalue weighted by molar-refractivity contribution is 4.94. The molecule has 1 saturated heterocycles. The van der Waals surface area contributed by atoms with Crippen LogP contribution in [0.5, 0.6) is 0 Å². The van der Waals surface area contributed by atoms with Gasteiger partial charge in [-0.3, -0.25) is 4.90 Å². The molecule has 0 spiro atoms. The highest BCUT2D eigenvalue weighted by atomic mass is 19.3. The molecule has 14 heavy (non-hydrogen) atoms. The molecule has 0 aromatic heterocycles. The first-order chi connectivity index (χ1) is 6.66. The lowest BCUT2D eigenvalue weighted by molar-refractivity contribution is 0.0384. The van der Waals surface area contributed by atoms with Gasteiger partial charge in [-0.05, 0) is 25.7 Å². The molecule has 2 aliphatic rings. The predicted octanol–water partition coefficient (Wildman–Crippen LogP) is 1.32. The lowest BCUT2D eigenvalue weighted by Gasteiger charge is -2.39. The van der Waals surface area contributed by atoms with Crippen LogP contribution in [-0.4, -0.2) is 43.0 Å². The summed E-state index contributed by atoms with van der Waals surface area (Å²) in [5, 5.41) is 3.37.